The summed E-state index contributed by atoms with van der Waals surface area (Å²) in [4.78, 5) is 28.8. The quantitative estimate of drug-likeness (QED) is 0.496. The summed E-state index contributed by atoms with van der Waals surface area (Å²) >= 11 is 0. The maximum absolute atomic E-state index is 12.4. The Morgan fingerprint density at radius 3 is 2.60 bits per heavy atom. The summed E-state index contributed by atoms with van der Waals surface area (Å²) < 4.78 is 3.81. The molecule has 2 heterocycles. The summed E-state index contributed by atoms with van der Waals surface area (Å²) in [7, 11) is 2.94. The zero-order chi connectivity index (χ0) is 18.0. The Morgan fingerprint density at radius 1 is 1.20 bits per heavy atom. The molecule has 130 valence electrons. The van der Waals surface area contributed by atoms with Gasteiger partial charge in [-0.15, -0.1) is 0 Å². The third kappa shape index (κ3) is 2.96. The molecule has 3 aromatic rings. The Balaban J connectivity index is 2.09. The molecular formula is C16H18N6O3. The Morgan fingerprint density at radius 2 is 1.92 bits per heavy atom. The molecule has 0 amide bonds. The number of aromatic nitrogens is 4. The maximum Gasteiger partial charge on any atom is 0.332 e. The van der Waals surface area contributed by atoms with Crippen LogP contribution in [0.2, 0.25) is 0 Å². The molecule has 0 aliphatic rings. The van der Waals surface area contributed by atoms with Gasteiger partial charge in [-0.25, -0.2) is 10.2 Å². The molecule has 0 aliphatic carbocycles. The maximum atomic E-state index is 12.4. The first-order chi connectivity index (χ1) is 12.0. The van der Waals surface area contributed by atoms with E-state index in [-0.39, 0.29) is 30.3 Å². The van der Waals surface area contributed by atoms with Crippen molar-refractivity contribution in [3.63, 3.8) is 0 Å². The van der Waals surface area contributed by atoms with Crippen LogP contribution in [0.15, 0.2) is 45.0 Å². The summed E-state index contributed by atoms with van der Waals surface area (Å²) in [6, 6.07) is 9.47. The second-order valence-electron chi connectivity index (χ2n) is 5.47. The van der Waals surface area contributed by atoms with E-state index >= 15 is 0 Å². The van der Waals surface area contributed by atoms with Crippen molar-refractivity contribution in [2.75, 3.05) is 12.0 Å². The first kappa shape index (κ1) is 16.7. The van der Waals surface area contributed by atoms with E-state index in [0.29, 0.717) is 0 Å². The highest BCUT2D eigenvalue weighted by Crippen LogP contribution is 2.15. The largest absolute Gasteiger partial charge is 0.395 e. The molecule has 0 radical (unpaired) electrons. The van der Waals surface area contributed by atoms with E-state index in [2.05, 4.69) is 15.5 Å². The Kier molecular flexibility index (Phi) is 4.48. The van der Waals surface area contributed by atoms with Gasteiger partial charge in [-0.3, -0.25) is 13.9 Å². The van der Waals surface area contributed by atoms with Crippen molar-refractivity contribution in [2.45, 2.75) is 6.54 Å². The molecule has 3 rings (SSSR count). The van der Waals surface area contributed by atoms with Crippen LogP contribution >= 0.6 is 0 Å². The predicted molar refractivity (Wildman–Crippen MR) is 95.0 cm³/mol. The van der Waals surface area contributed by atoms with Gasteiger partial charge >= 0.3 is 5.69 Å². The van der Waals surface area contributed by atoms with Crippen LogP contribution in [0.5, 0.6) is 0 Å². The Hall–Kier alpha value is -3.20. The molecule has 0 aliphatic heterocycles. The summed E-state index contributed by atoms with van der Waals surface area (Å²) in [5, 5.41) is 13.4. The van der Waals surface area contributed by atoms with Gasteiger partial charge < -0.3 is 9.67 Å². The molecule has 0 unspecified atom stereocenters. The minimum absolute atomic E-state index is 0.146. The van der Waals surface area contributed by atoms with Gasteiger partial charge in [0, 0.05) is 20.6 Å². The normalized spacial score (nSPS) is 11.5. The van der Waals surface area contributed by atoms with Gasteiger partial charge in [0.05, 0.1) is 12.8 Å². The summed E-state index contributed by atoms with van der Waals surface area (Å²) in [6.45, 7) is -0.0400. The van der Waals surface area contributed by atoms with Crippen LogP contribution in [-0.4, -0.2) is 36.6 Å². The third-order valence-electron chi connectivity index (χ3n) is 3.85. The van der Waals surface area contributed by atoms with Crippen LogP contribution in [0.3, 0.4) is 0 Å². The second-order valence-corrected chi connectivity index (χ2v) is 5.47. The van der Waals surface area contributed by atoms with E-state index in [9.17, 15) is 14.7 Å². The van der Waals surface area contributed by atoms with Crippen molar-refractivity contribution >= 4 is 23.3 Å². The zero-order valence-electron chi connectivity index (χ0n) is 13.9. The number of imidazole rings is 1. The predicted octanol–water partition coefficient (Wildman–Crippen LogP) is -0.128. The summed E-state index contributed by atoms with van der Waals surface area (Å²) in [5.41, 5.74) is 3.20. The third-order valence-corrected chi connectivity index (χ3v) is 3.85. The first-order valence-electron chi connectivity index (χ1n) is 7.66. The molecule has 1 aromatic carbocycles. The molecule has 0 fully saturated rings. The van der Waals surface area contributed by atoms with Crippen molar-refractivity contribution in [1.29, 1.82) is 0 Å². The van der Waals surface area contributed by atoms with Gasteiger partial charge in [0.15, 0.2) is 11.2 Å². The van der Waals surface area contributed by atoms with Gasteiger partial charge in [-0.1, -0.05) is 30.3 Å². The fraction of sp³-hybridized carbons (Fsp3) is 0.250. The smallest absolute Gasteiger partial charge is 0.332 e. The Labute approximate surface area is 142 Å². The molecule has 2 N–H and O–H groups in total. The van der Waals surface area contributed by atoms with Crippen LogP contribution in [0.1, 0.15) is 5.56 Å². The molecule has 0 saturated heterocycles. The summed E-state index contributed by atoms with van der Waals surface area (Å²) in [6.07, 6.45) is 1.61. The van der Waals surface area contributed by atoms with Crippen molar-refractivity contribution in [3.05, 3.63) is 56.7 Å². The lowest BCUT2D eigenvalue weighted by molar-refractivity contribution is 0.278. The number of hydrogen-bond donors (Lipinski definition) is 2. The molecule has 9 heteroatoms. The lowest BCUT2D eigenvalue weighted by atomic mass is 10.2. The standard InChI is InChI=1S/C16H18N6O3/c1-20-13-12(14(24)21(2)16(20)25)22(8-9-23)15(18-13)19-17-10-11-6-4-3-5-7-11/h3-7,10,23H,8-9H2,1-2H3,(H,18,19)/b17-10-. The number of aliphatic hydroxyl groups excluding tert-OH is 1. The number of hydrogen-bond acceptors (Lipinski definition) is 6. The lowest BCUT2D eigenvalue weighted by Crippen LogP contribution is -2.37. The van der Waals surface area contributed by atoms with Gasteiger partial charge in [0.2, 0.25) is 5.95 Å². The number of nitrogens with one attached hydrogen (secondary N) is 1. The van der Waals surface area contributed by atoms with Crippen molar-refractivity contribution < 1.29 is 5.11 Å². The minimum Gasteiger partial charge on any atom is -0.395 e. The number of aryl methyl sites for hydroxylation is 1. The van der Waals surface area contributed by atoms with E-state index in [0.717, 1.165) is 10.1 Å². The van der Waals surface area contributed by atoms with E-state index in [1.165, 1.54) is 23.2 Å². The van der Waals surface area contributed by atoms with Crippen molar-refractivity contribution in [3.8, 4) is 0 Å². The van der Waals surface area contributed by atoms with E-state index in [1.54, 1.807) is 6.21 Å². The van der Waals surface area contributed by atoms with Gasteiger partial charge in [0.25, 0.3) is 5.56 Å². The number of aliphatic hydroxyl groups is 1. The average Bonchev–Trinajstić information content (AvgIpc) is 2.98. The highest BCUT2D eigenvalue weighted by atomic mass is 16.3. The van der Waals surface area contributed by atoms with Gasteiger partial charge in [-0.2, -0.15) is 10.1 Å². The molecule has 0 bridgehead atoms. The number of rotatable bonds is 5. The number of hydrazone groups is 1. The highest BCUT2D eigenvalue weighted by Gasteiger charge is 2.18. The number of anilines is 1. The van der Waals surface area contributed by atoms with Gasteiger partial charge in [0.1, 0.15) is 0 Å². The van der Waals surface area contributed by atoms with E-state index in [4.69, 9.17) is 0 Å². The topological polar surface area (TPSA) is 106 Å². The van der Waals surface area contributed by atoms with Crippen LogP contribution in [-0.2, 0) is 20.6 Å². The molecule has 0 atom stereocenters. The van der Waals surface area contributed by atoms with Gasteiger partial charge in [-0.05, 0) is 5.56 Å². The number of benzene rings is 1. The monoisotopic (exact) mass is 342 g/mol. The molecule has 9 nitrogen and oxygen atoms in total. The minimum atomic E-state index is -0.473. The second kappa shape index (κ2) is 6.73. The van der Waals surface area contributed by atoms with E-state index < -0.39 is 11.2 Å². The number of fused-ring (bicyclic) bond motifs is 1. The first-order valence-corrected chi connectivity index (χ1v) is 7.66. The highest BCUT2D eigenvalue weighted by molar-refractivity contribution is 5.80. The fourth-order valence-electron chi connectivity index (χ4n) is 2.55. The SMILES string of the molecule is Cn1c(=O)c2c(nc(N/N=C\c3ccccc3)n2CCO)n(C)c1=O. The Bertz CT molecular complexity index is 1050. The molecule has 25 heavy (non-hydrogen) atoms. The van der Waals surface area contributed by atoms with Crippen LogP contribution in [0, 0.1) is 0 Å². The van der Waals surface area contributed by atoms with Crippen LogP contribution < -0.4 is 16.7 Å². The van der Waals surface area contributed by atoms with Crippen LogP contribution in [0.25, 0.3) is 11.2 Å². The molecule has 0 saturated carbocycles. The van der Waals surface area contributed by atoms with Crippen LogP contribution in [0.4, 0.5) is 5.95 Å². The molecular weight excluding hydrogens is 324 g/mol. The number of nitrogens with zero attached hydrogens (tertiary/aromatic N) is 5. The molecule has 0 spiro atoms. The van der Waals surface area contributed by atoms with E-state index in [1.807, 2.05) is 30.3 Å². The van der Waals surface area contributed by atoms with Crippen molar-refractivity contribution in [2.24, 2.45) is 19.2 Å². The zero-order valence-corrected chi connectivity index (χ0v) is 13.9. The lowest BCUT2D eigenvalue weighted by Gasteiger charge is -2.07. The fourth-order valence-corrected chi connectivity index (χ4v) is 2.55. The van der Waals surface area contributed by atoms with Crippen molar-refractivity contribution in [1.82, 2.24) is 18.7 Å². The average molecular weight is 342 g/mol. The summed E-state index contributed by atoms with van der Waals surface area (Å²) in [5.74, 6) is 0.273. The molecule has 2 aromatic heterocycles.